The fourth-order valence-electron chi connectivity index (χ4n) is 3.94. The molecule has 0 aliphatic heterocycles. The van der Waals surface area contributed by atoms with Gasteiger partial charge in [0.1, 0.15) is 0 Å². The summed E-state index contributed by atoms with van der Waals surface area (Å²) in [5.41, 5.74) is 3.18. The van der Waals surface area contributed by atoms with Gasteiger partial charge in [-0.3, -0.25) is 9.59 Å². The number of benzene rings is 3. The molecule has 0 saturated carbocycles. The third-order valence-electron chi connectivity index (χ3n) is 5.50. The van der Waals surface area contributed by atoms with E-state index in [1.807, 2.05) is 30.3 Å². The summed E-state index contributed by atoms with van der Waals surface area (Å²) in [4.78, 5) is 36.6. The van der Waals surface area contributed by atoms with E-state index in [1.54, 1.807) is 49.5 Å². The Kier molecular flexibility index (Phi) is 8.75. The normalized spacial score (nSPS) is 10.5. The summed E-state index contributed by atoms with van der Waals surface area (Å²) in [6.45, 7) is 0.0824. The maximum absolute atomic E-state index is 13.0. The van der Waals surface area contributed by atoms with E-state index in [0.29, 0.717) is 32.7 Å². The number of fused-ring (bicyclic) bond motifs is 1. The number of carboxylic acids is 1. The van der Waals surface area contributed by atoms with E-state index in [-0.39, 0.29) is 48.1 Å². The van der Waals surface area contributed by atoms with Gasteiger partial charge in [-0.15, -0.1) is 0 Å². The van der Waals surface area contributed by atoms with Gasteiger partial charge in [0.15, 0.2) is 0 Å². The number of urea groups is 1. The Balaban J connectivity index is 0.00000342. The van der Waals surface area contributed by atoms with Crippen LogP contribution in [0.5, 0.6) is 0 Å². The molecule has 3 aromatic carbocycles. The third-order valence-corrected chi connectivity index (χ3v) is 5.73. The smallest absolute Gasteiger partial charge is 0.319 e. The van der Waals surface area contributed by atoms with E-state index in [9.17, 15) is 14.4 Å². The molecule has 0 spiro atoms. The number of aliphatic carboxylic acids is 1. The number of amides is 2. The van der Waals surface area contributed by atoms with Crippen LogP contribution in [-0.4, -0.2) is 51.2 Å². The van der Waals surface area contributed by atoms with Crippen molar-refractivity contribution in [3.05, 3.63) is 99.4 Å². The number of halogens is 1. The fourth-order valence-corrected chi connectivity index (χ4v) is 4.12. The third kappa shape index (κ3) is 6.13. The minimum absolute atomic E-state index is 0. The Bertz CT molecular complexity index is 1450. The number of anilines is 1. The molecule has 1 radical (unpaired) electrons. The maximum atomic E-state index is 13.0. The number of carboxylic acid groups (broad SMARTS) is 1. The van der Waals surface area contributed by atoms with Crippen molar-refractivity contribution in [1.29, 1.82) is 0 Å². The second-order valence-electron chi connectivity index (χ2n) is 7.82. The van der Waals surface area contributed by atoms with Crippen molar-refractivity contribution in [3.63, 3.8) is 0 Å². The number of carbonyl (C=O) groups excluding carboxylic acids is 1. The summed E-state index contributed by atoms with van der Waals surface area (Å²) >= 11 is 6.26. The molecule has 35 heavy (non-hydrogen) atoms. The van der Waals surface area contributed by atoms with Gasteiger partial charge in [-0.25, -0.2) is 4.79 Å². The largest absolute Gasteiger partial charge is 0.481 e. The molecule has 0 unspecified atom stereocenters. The van der Waals surface area contributed by atoms with Crippen LogP contribution in [0.4, 0.5) is 10.5 Å². The van der Waals surface area contributed by atoms with Crippen LogP contribution in [0.1, 0.15) is 11.3 Å². The van der Waals surface area contributed by atoms with Crippen molar-refractivity contribution in [2.75, 3.05) is 5.32 Å². The minimum atomic E-state index is -0.952. The SMILES string of the molecule is Cn1c(CNC(=O)Nc2cccc(CC(=O)O)c2)c(-c2ccccc2)c2cc(Cl)ccc2c1=O.[Na]. The number of aromatic nitrogens is 1. The summed E-state index contributed by atoms with van der Waals surface area (Å²) in [7, 11) is 1.67. The molecule has 1 heterocycles. The molecule has 0 saturated heterocycles. The van der Waals surface area contributed by atoms with Crippen molar-refractivity contribution in [3.8, 4) is 11.1 Å². The van der Waals surface area contributed by atoms with Crippen LogP contribution in [-0.2, 0) is 24.8 Å². The van der Waals surface area contributed by atoms with E-state index >= 15 is 0 Å². The van der Waals surface area contributed by atoms with E-state index < -0.39 is 12.0 Å². The topological polar surface area (TPSA) is 100 Å². The van der Waals surface area contributed by atoms with Crippen LogP contribution < -0.4 is 16.2 Å². The zero-order valence-electron chi connectivity index (χ0n) is 19.3. The average molecular weight is 499 g/mol. The summed E-state index contributed by atoms with van der Waals surface area (Å²) in [6, 6.07) is 20.9. The molecule has 7 nitrogen and oxygen atoms in total. The number of nitrogens with one attached hydrogen (secondary N) is 2. The van der Waals surface area contributed by atoms with Crippen molar-refractivity contribution in [1.82, 2.24) is 9.88 Å². The number of rotatable bonds is 6. The number of nitrogens with zero attached hydrogens (tertiary/aromatic N) is 1. The molecule has 0 atom stereocenters. The summed E-state index contributed by atoms with van der Waals surface area (Å²) in [5, 5.41) is 16.2. The van der Waals surface area contributed by atoms with Gasteiger partial charge in [-0.05, 0) is 46.8 Å². The van der Waals surface area contributed by atoms with Gasteiger partial charge >= 0.3 is 12.0 Å². The minimum Gasteiger partial charge on any atom is -0.481 e. The molecule has 4 rings (SSSR count). The monoisotopic (exact) mass is 498 g/mol. The number of pyridine rings is 1. The van der Waals surface area contributed by atoms with Gasteiger partial charge in [0, 0.05) is 64.0 Å². The van der Waals surface area contributed by atoms with Crippen molar-refractivity contribution < 1.29 is 14.7 Å². The van der Waals surface area contributed by atoms with Crippen LogP contribution >= 0.6 is 11.6 Å². The Morgan fingerprint density at radius 3 is 2.43 bits per heavy atom. The average Bonchev–Trinajstić information content (AvgIpc) is 2.80. The van der Waals surface area contributed by atoms with E-state index in [4.69, 9.17) is 16.7 Å². The molecule has 9 heteroatoms. The van der Waals surface area contributed by atoms with Gasteiger partial charge in [0.05, 0.1) is 13.0 Å². The van der Waals surface area contributed by atoms with Gasteiger partial charge in [0.25, 0.3) is 5.56 Å². The molecule has 0 fully saturated rings. The first-order valence-corrected chi connectivity index (χ1v) is 10.9. The first kappa shape index (κ1) is 26.5. The predicted molar refractivity (Wildman–Crippen MR) is 139 cm³/mol. The molecule has 2 amide bonds. The van der Waals surface area contributed by atoms with Gasteiger partial charge in [-0.2, -0.15) is 0 Å². The fraction of sp³-hybridized carbons (Fsp3) is 0.115. The number of carbonyl (C=O) groups is 2. The zero-order valence-corrected chi connectivity index (χ0v) is 22.1. The van der Waals surface area contributed by atoms with Crippen molar-refractivity contribution in [2.45, 2.75) is 13.0 Å². The molecular formula is C26H22ClN3NaO4. The Hall–Kier alpha value is -3.10. The van der Waals surface area contributed by atoms with Crippen LogP contribution in [0.3, 0.4) is 0 Å². The van der Waals surface area contributed by atoms with E-state index in [2.05, 4.69) is 10.6 Å². The summed E-state index contributed by atoms with van der Waals surface area (Å²) in [6.07, 6.45) is -0.140. The van der Waals surface area contributed by atoms with Gasteiger partial charge < -0.3 is 20.3 Å². The predicted octanol–water partition coefficient (Wildman–Crippen LogP) is 4.43. The molecule has 0 aliphatic carbocycles. The second-order valence-corrected chi connectivity index (χ2v) is 8.26. The summed E-state index contributed by atoms with van der Waals surface area (Å²) in [5.74, 6) is -0.952. The van der Waals surface area contributed by atoms with Crippen LogP contribution in [0.15, 0.2) is 77.6 Å². The first-order chi connectivity index (χ1) is 16.3. The molecule has 1 aromatic heterocycles. The Morgan fingerprint density at radius 2 is 1.71 bits per heavy atom. The Morgan fingerprint density at radius 1 is 0.971 bits per heavy atom. The quantitative estimate of drug-likeness (QED) is 0.342. The molecule has 173 valence electrons. The van der Waals surface area contributed by atoms with Gasteiger partial charge in [0.2, 0.25) is 0 Å². The first-order valence-electron chi connectivity index (χ1n) is 10.6. The van der Waals surface area contributed by atoms with Crippen LogP contribution in [0, 0.1) is 0 Å². The standard InChI is InChI=1S/C26H22ClN3O4.Na/c1-30-22(15-28-26(34)29-19-9-5-6-16(12-19)13-23(31)32)24(17-7-3-2-4-8-17)21-14-18(27)10-11-20(21)25(30)33;/h2-12,14H,13,15H2,1H3,(H,31,32)(H2,28,29,34);. The summed E-state index contributed by atoms with van der Waals surface area (Å²) < 4.78 is 1.53. The zero-order chi connectivity index (χ0) is 24.2. The molecule has 3 N–H and O–H groups in total. The number of hydrogen-bond acceptors (Lipinski definition) is 3. The van der Waals surface area contributed by atoms with Crippen LogP contribution in [0.2, 0.25) is 5.02 Å². The van der Waals surface area contributed by atoms with Crippen LogP contribution in [0.25, 0.3) is 21.9 Å². The molecule has 4 aromatic rings. The second kappa shape index (κ2) is 11.6. The molecular weight excluding hydrogens is 477 g/mol. The van der Waals surface area contributed by atoms with Crippen molar-refractivity contribution in [2.24, 2.45) is 7.05 Å². The molecule has 0 aliphatic rings. The maximum Gasteiger partial charge on any atom is 0.319 e. The number of hydrogen-bond donors (Lipinski definition) is 3. The molecule has 0 bridgehead atoms. The van der Waals surface area contributed by atoms with E-state index in [0.717, 1.165) is 11.1 Å². The Labute approximate surface area is 229 Å². The van der Waals surface area contributed by atoms with E-state index in [1.165, 1.54) is 4.57 Å². The van der Waals surface area contributed by atoms with Gasteiger partial charge in [-0.1, -0.05) is 54.1 Å². The van der Waals surface area contributed by atoms with Crippen molar-refractivity contribution >= 4 is 69.6 Å².